The summed E-state index contributed by atoms with van der Waals surface area (Å²) in [6.07, 6.45) is 5.07. The van der Waals surface area contributed by atoms with Crippen molar-refractivity contribution in [1.29, 1.82) is 0 Å². The minimum absolute atomic E-state index is 0.00169. The van der Waals surface area contributed by atoms with Crippen LogP contribution < -0.4 is 5.32 Å². The van der Waals surface area contributed by atoms with Crippen molar-refractivity contribution in [3.8, 4) is 0 Å². The van der Waals surface area contributed by atoms with Crippen LogP contribution in [0, 0.1) is 0 Å². The molecule has 0 unspecified atom stereocenters. The average Bonchev–Trinajstić information content (AvgIpc) is 3.17. The van der Waals surface area contributed by atoms with Gasteiger partial charge in [-0.2, -0.15) is 0 Å². The van der Waals surface area contributed by atoms with Crippen molar-refractivity contribution in [2.24, 2.45) is 0 Å². The van der Waals surface area contributed by atoms with Crippen LogP contribution in [0.1, 0.15) is 36.0 Å². The molecule has 3 nitrogen and oxygen atoms in total. The first-order chi connectivity index (χ1) is 8.75. The molecule has 1 amide bonds. The second-order valence-electron chi connectivity index (χ2n) is 4.57. The third-order valence-corrected chi connectivity index (χ3v) is 3.47. The second kappa shape index (κ2) is 6.90. The minimum atomic E-state index is 0.00169. The van der Waals surface area contributed by atoms with Gasteiger partial charge in [-0.05, 0) is 31.0 Å². The SMILES string of the molecule is O=C(NCCCCC[C@@H]1CO1)c1cccc(Br)c1. The number of carbonyl (C=O) groups is 1. The van der Waals surface area contributed by atoms with Gasteiger partial charge in [-0.25, -0.2) is 0 Å². The molecule has 0 saturated carbocycles. The van der Waals surface area contributed by atoms with Crippen LogP contribution in [0.4, 0.5) is 0 Å². The van der Waals surface area contributed by atoms with E-state index in [2.05, 4.69) is 21.2 Å². The van der Waals surface area contributed by atoms with E-state index in [4.69, 9.17) is 4.74 Å². The third-order valence-electron chi connectivity index (χ3n) is 2.98. The summed E-state index contributed by atoms with van der Waals surface area (Å²) in [6.45, 7) is 1.69. The van der Waals surface area contributed by atoms with Crippen LogP contribution in [0.5, 0.6) is 0 Å². The molecular weight excluding hydrogens is 294 g/mol. The lowest BCUT2D eigenvalue weighted by Crippen LogP contribution is -2.24. The first-order valence-corrected chi connectivity index (χ1v) is 7.20. The van der Waals surface area contributed by atoms with Crippen molar-refractivity contribution in [3.63, 3.8) is 0 Å². The quantitative estimate of drug-likeness (QED) is 0.621. The summed E-state index contributed by atoms with van der Waals surface area (Å²) in [4.78, 5) is 11.8. The van der Waals surface area contributed by atoms with Crippen LogP contribution in [0.3, 0.4) is 0 Å². The van der Waals surface area contributed by atoms with E-state index in [0.29, 0.717) is 11.7 Å². The Morgan fingerprint density at radius 1 is 1.39 bits per heavy atom. The van der Waals surface area contributed by atoms with E-state index in [-0.39, 0.29) is 5.91 Å². The van der Waals surface area contributed by atoms with E-state index < -0.39 is 0 Å². The van der Waals surface area contributed by atoms with Gasteiger partial charge in [0.1, 0.15) is 0 Å². The molecule has 1 aromatic carbocycles. The molecule has 4 heteroatoms. The van der Waals surface area contributed by atoms with Crippen molar-refractivity contribution >= 4 is 21.8 Å². The van der Waals surface area contributed by atoms with E-state index in [1.807, 2.05) is 24.3 Å². The van der Waals surface area contributed by atoms with E-state index in [9.17, 15) is 4.79 Å². The van der Waals surface area contributed by atoms with Crippen LogP contribution in [-0.4, -0.2) is 25.2 Å². The molecule has 1 N–H and O–H groups in total. The zero-order valence-corrected chi connectivity index (χ0v) is 11.9. The number of epoxide rings is 1. The topological polar surface area (TPSA) is 41.6 Å². The summed E-state index contributed by atoms with van der Waals surface area (Å²) in [5.74, 6) is 0.00169. The van der Waals surface area contributed by atoms with Gasteiger partial charge >= 0.3 is 0 Å². The van der Waals surface area contributed by atoms with E-state index in [0.717, 1.165) is 30.5 Å². The van der Waals surface area contributed by atoms with Crippen molar-refractivity contribution in [2.45, 2.75) is 31.8 Å². The molecule has 2 rings (SSSR count). The summed E-state index contributed by atoms with van der Waals surface area (Å²) in [7, 11) is 0. The van der Waals surface area contributed by atoms with Crippen LogP contribution in [0.15, 0.2) is 28.7 Å². The molecule has 0 spiro atoms. The second-order valence-corrected chi connectivity index (χ2v) is 5.49. The predicted octanol–water partition coefficient (Wildman–Crippen LogP) is 3.14. The molecule has 1 saturated heterocycles. The standard InChI is InChI=1S/C14H18BrNO2/c15-12-6-4-5-11(9-12)14(17)16-8-3-1-2-7-13-10-18-13/h4-6,9,13H,1-3,7-8,10H2,(H,16,17)/t13-/m1/s1. The molecule has 1 aliphatic heterocycles. The fraction of sp³-hybridized carbons (Fsp3) is 0.500. The maximum Gasteiger partial charge on any atom is 0.251 e. The van der Waals surface area contributed by atoms with Gasteiger partial charge in [0.15, 0.2) is 0 Å². The number of halogens is 1. The first-order valence-electron chi connectivity index (χ1n) is 6.41. The summed E-state index contributed by atoms with van der Waals surface area (Å²) >= 11 is 3.36. The fourth-order valence-electron chi connectivity index (χ4n) is 1.84. The van der Waals surface area contributed by atoms with Crippen molar-refractivity contribution in [3.05, 3.63) is 34.3 Å². The molecule has 1 atom stereocenters. The Morgan fingerprint density at radius 3 is 2.94 bits per heavy atom. The lowest BCUT2D eigenvalue weighted by molar-refractivity contribution is 0.0953. The third kappa shape index (κ3) is 4.78. The molecule has 0 radical (unpaired) electrons. The van der Waals surface area contributed by atoms with Crippen molar-refractivity contribution in [1.82, 2.24) is 5.32 Å². The number of ether oxygens (including phenoxy) is 1. The molecular formula is C14H18BrNO2. The highest BCUT2D eigenvalue weighted by molar-refractivity contribution is 9.10. The lowest BCUT2D eigenvalue weighted by atomic mass is 10.1. The molecule has 1 heterocycles. The normalized spacial score (nSPS) is 17.5. The number of nitrogens with one attached hydrogen (secondary N) is 1. The number of amides is 1. The Balaban J connectivity index is 1.59. The smallest absolute Gasteiger partial charge is 0.251 e. The van der Waals surface area contributed by atoms with Gasteiger partial charge in [-0.15, -0.1) is 0 Å². The molecule has 1 fully saturated rings. The molecule has 18 heavy (non-hydrogen) atoms. The Kier molecular flexibility index (Phi) is 5.20. The van der Waals surface area contributed by atoms with Gasteiger partial charge in [0.05, 0.1) is 12.7 Å². The first kappa shape index (κ1) is 13.6. The maximum absolute atomic E-state index is 11.8. The summed E-state index contributed by atoms with van der Waals surface area (Å²) < 4.78 is 6.08. The Labute approximate surface area is 116 Å². The number of hydrogen-bond donors (Lipinski definition) is 1. The van der Waals surface area contributed by atoms with Gasteiger partial charge in [-0.1, -0.05) is 34.8 Å². The largest absolute Gasteiger partial charge is 0.373 e. The number of hydrogen-bond acceptors (Lipinski definition) is 2. The van der Waals surface area contributed by atoms with Crippen molar-refractivity contribution < 1.29 is 9.53 Å². The van der Waals surface area contributed by atoms with Gasteiger partial charge in [0.2, 0.25) is 0 Å². The van der Waals surface area contributed by atoms with E-state index in [1.165, 1.54) is 12.8 Å². The molecule has 0 aliphatic carbocycles. The van der Waals surface area contributed by atoms with Gasteiger partial charge < -0.3 is 10.1 Å². The van der Waals surface area contributed by atoms with Crippen LogP contribution in [0.2, 0.25) is 0 Å². The highest BCUT2D eigenvalue weighted by atomic mass is 79.9. The summed E-state index contributed by atoms with van der Waals surface area (Å²) in [6, 6.07) is 7.44. The Morgan fingerprint density at radius 2 is 2.22 bits per heavy atom. The van der Waals surface area contributed by atoms with Crippen LogP contribution in [0.25, 0.3) is 0 Å². The zero-order valence-electron chi connectivity index (χ0n) is 10.3. The van der Waals surface area contributed by atoms with Crippen molar-refractivity contribution in [2.75, 3.05) is 13.2 Å². The lowest BCUT2D eigenvalue weighted by Gasteiger charge is -2.05. The number of rotatable bonds is 7. The summed E-state index contributed by atoms with van der Waals surface area (Å²) in [5.41, 5.74) is 0.704. The van der Waals surface area contributed by atoms with Crippen LogP contribution >= 0.6 is 15.9 Å². The van der Waals surface area contributed by atoms with E-state index >= 15 is 0 Å². The van der Waals surface area contributed by atoms with Gasteiger partial charge in [0.25, 0.3) is 5.91 Å². The number of unbranched alkanes of at least 4 members (excludes halogenated alkanes) is 2. The number of benzene rings is 1. The molecule has 98 valence electrons. The highest BCUT2D eigenvalue weighted by Crippen LogP contribution is 2.17. The highest BCUT2D eigenvalue weighted by Gasteiger charge is 2.20. The average molecular weight is 312 g/mol. The predicted molar refractivity (Wildman–Crippen MR) is 74.7 cm³/mol. The fourth-order valence-corrected chi connectivity index (χ4v) is 2.24. The maximum atomic E-state index is 11.8. The summed E-state index contributed by atoms with van der Waals surface area (Å²) in [5, 5.41) is 2.94. The molecule has 1 aliphatic rings. The van der Waals surface area contributed by atoms with E-state index in [1.54, 1.807) is 0 Å². The minimum Gasteiger partial charge on any atom is -0.373 e. The molecule has 0 bridgehead atoms. The number of carbonyl (C=O) groups excluding carboxylic acids is 1. The Bertz CT molecular complexity index is 405. The zero-order chi connectivity index (χ0) is 12.8. The van der Waals surface area contributed by atoms with Gasteiger partial charge in [-0.3, -0.25) is 4.79 Å². The van der Waals surface area contributed by atoms with Gasteiger partial charge in [0, 0.05) is 16.6 Å². The Hall–Kier alpha value is -0.870. The molecule has 0 aromatic heterocycles. The molecule has 1 aromatic rings. The monoisotopic (exact) mass is 311 g/mol. The van der Waals surface area contributed by atoms with Crippen LogP contribution in [-0.2, 0) is 4.74 Å².